The molecule has 35 heavy (non-hydrogen) atoms. The second-order valence-electron chi connectivity index (χ2n) is 8.73. The van der Waals surface area contributed by atoms with Crippen LogP contribution in [0.5, 0.6) is 11.5 Å². The number of hydrogen-bond acceptors (Lipinski definition) is 4. The van der Waals surface area contributed by atoms with E-state index in [1.54, 1.807) is 48.5 Å². The Balaban J connectivity index is 1.45. The first kappa shape index (κ1) is 22.4. The van der Waals surface area contributed by atoms with Crippen molar-refractivity contribution < 1.29 is 19.8 Å². The van der Waals surface area contributed by atoms with Gasteiger partial charge in [-0.05, 0) is 65.9 Å². The minimum Gasteiger partial charge on any atom is -0.508 e. The number of phenolic OH excluding ortho intramolecular Hbond substituents is 2. The molecule has 0 bridgehead atoms. The van der Waals surface area contributed by atoms with Crippen LogP contribution in [0, 0.1) is 5.92 Å². The van der Waals surface area contributed by atoms with Gasteiger partial charge in [0.2, 0.25) is 0 Å². The van der Waals surface area contributed by atoms with E-state index in [0.29, 0.717) is 24.0 Å². The van der Waals surface area contributed by atoms with E-state index in [0.717, 1.165) is 16.7 Å². The van der Waals surface area contributed by atoms with Gasteiger partial charge in [-0.1, -0.05) is 66.8 Å². The van der Waals surface area contributed by atoms with E-state index in [1.807, 2.05) is 48.6 Å². The largest absolute Gasteiger partial charge is 0.508 e. The van der Waals surface area contributed by atoms with Gasteiger partial charge in [0.05, 0.1) is 17.2 Å². The molecule has 5 heteroatoms. The summed E-state index contributed by atoms with van der Waals surface area (Å²) in [4.78, 5) is 27.8. The predicted molar refractivity (Wildman–Crippen MR) is 135 cm³/mol. The SMILES string of the molecule is O=C1c2ccccc2C(=O)N1C(CCC=C(c1ccc(O)cc1)c1ccc(O)cc1)C1C=CC=C1. The van der Waals surface area contributed by atoms with Crippen LogP contribution in [0.4, 0.5) is 0 Å². The highest BCUT2D eigenvalue weighted by atomic mass is 16.3. The van der Waals surface area contributed by atoms with E-state index in [-0.39, 0.29) is 35.3 Å². The average molecular weight is 464 g/mol. The normalized spacial score (nSPS) is 15.5. The number of aromatic hydroxyl groups is 2. The Labute approximate surface area is 204 Å². The van der Waals surface area contributed by atoms with Gasteiger partial charge < -0.3 is 10.2 Å². The van der Waals surface area contributed by atoms with Gasteiger partial charge in [-0.2, -0.15) is 0 Å². The Morgan fingerprint density at radius 2 is 1.26 bits per heavy atom. The van der Waals surface area contributed by atoms with Crippen molar-refractivity contribution in [3.05, 3.63) is 125 Å². The van der Waals surface area contributed by atoms with Crippen LogP contribution in [-0.2, 0) is 0 Å². The monoisotopic (exact) mass is 463 g/mol. The van der Waals surface area contributed by atoms with Gasteiger partial charge >= 0.3 is 0 Å². The first-order valence-electron chi connectivity index (χ1n) is 11.6. The van der Waals surface area contributed by atoms with Crippen molar-refractivity contribution in [3.63, 3.8) is 0 Å². The molecule has 1 atom stereocenters. The number of allylic oxidation sites excluding steroid dienone is 3. The minimum absolute atomic E-state index is 0.0450. The third-order valence-electron chi connectivity index (χ3n) is 6.55. The number of nitrogens with zero attached hydrogens (tertiary/aromatic N) is 1. The van der Waals surface area contributed by atoms with Gasteiger partial charge in [0.15, 0.2) is 0 Å². The maximum Gasteiger partial charge on any atom is 0.261 e. The van der Waals surface area contributed by atoms with Crippen molar-refractivity contribution >= 4 is 17.4 Å². The van der Waals surface area contributed by atoms with Gasteiger partial charge in [0, 0.05) is 5.92 Å². The summed E-state index contributed by atoms with van der Waals surface area (Å²) in [6.07, 6.45) is 11.2. The third kappa shape index (κ3) is 4.41. The zero-order valence-corrected chi connectivity index (χ0v) is 19.0. The molecule has 0 saturated heterocycles. The maximum atomic E-state index is 13.2. The molecule has 2 N–H and O–H groups in total. The number of imide groups is 1. The lowest BCUT2D eigenvalue weighted by Crippen LogP contribution is -2.43. The van der Waals surface area contributed by atoms with E-state index >= 15 is 0 Å². The molecule has 0 radical (unpaired) electrons. The highest BCUT2D eigenvalue weighted by Gasteiger charge is 2.41. The number of carbonyl (C=O) groups is 2. The van der Waals surface area contributed by atoms with Gasteiger partial charge in [0.1, 0.15) is 11.5 Å². The van der Waals surface area contributed by atoms with E-state index in [9.17, 15) is 19.8 Å². The van der Waals surface area contributed by atoms with Crippen LogP contribution in [0.15, 0.2) is 103 Å². The maximum absolute atomic E-state index is 13.2. The molecule has 5 nitrogen and oxygen atoms in total. The summed E-state index contributed by atoms with van der Waals surface area (Å²) < 4.78 is 0. The molecule has 0 spiro atoms. The van der Waals surface area contributed by atoms with E-state index in [2.05, 4.69) is 6.08 Å². The van der Waals surface area contributed by atoms with E-state index in [1.165, 1.54) is 4.90 Å². The Hall–Kier alpha value is -4.38. The van der Waals surface area contributed by atoms with Gasteiger partial charge in [-0.3, -0.25) is 14.5 Å². The number of amides is 2. The van der Waals surface area contributed by atoms with E-state index in [4.69, 9.17) is 0 Å². The summed E-state index contributed by atoms with van der Waals surface area (Å²) in [6, 6.07) is 20.6. The fourth-order valence-corrected chi connectivity index (χ4v) is 4.79. The first-order valence-corrected chi connectivity index (χ1v) is 11.6. The van der Waals surface area contributed by atoms with Crippen molar-refractivity contribution in [1.29, 1.82) is 0 Å². The second-order valence-corrected chi connectivity index (χ2v) is 8.73. The molecule has 1 heterocycles. The second kappa shape index (κ2) is 9.47. The molecular formula is C30H25NO4. The average Bonchev–Trinajstić information content (AvgIpc) is 3.49. The standard InChI is InChI=1S/C30H25NO4/c32-23-16-12-20(13-17-23)25(21-14-18-24(33)19-15-21)10-5-11-28(22-6-1-2-7-22)31-29(34)26-8-3-4-9-27(26)30(31)35/h1-4,6-10,12-19,22,28,32-33H,5,11H2. The van der Waals surface area contributed by atoms with Crippen molar-refractivity contribution in [1.82, 2.24) is 4.90 Å². The van der Waals surface area contributed by atoms with Crippen LogP contribution >= 0.6 is 0 Å². The van der Waals surface area contributed by atoms with Crippen LogP contribution in [0.25, 0.3) is 5.57 Å². The molecule has 1 aliphatic heterocycles. The smallest absolute Gasteiger partial charge is 0.261 e. The van der Waals surface area contributed by atoms with Crippen LogP contribution in [0.3, 0.4) is 0 Å². The fourth-order valence-electron chi connectivity index (χ4n) is 4.79. The summed E-state index contributed by atoms with van der Waals surface area (Å²) in [6.45, 7) is 0. The summed E-state index contributed by atoms with van der Waals surface area (Å²) in [5.41, 5.74) is 3.71. The molecule has 1 unspecified atom stereocenters. The third-order valence-corrected chi connectivity index (χ3v) is 6.55. The Kier molecular flexibility index (Phi) is 6.06. The highest BCUT2D eigenvalue weighted by Crippen LogP contribution is 2.33. The molecule has 3 aromatic rings. The molecule has 3 aromatic carbocycles. The number of rotatable bonds is 7. The fraction of sp³-hybridized carbons (Fsp3) is 0.133. The number of fused-ring (bicyclic) bond motifs is 1. The summed E-state index contributed by atoms with van der Waals surface area (Å²) in [5.74, 6) is -0.166. The van der Waals surface area contributed by atoms with Crippen LogP contribution in [-0.4, -0.2) is 33.0 Å². The van der Waals surface area contributed by atoms with Crippen LogP contribution in [0.2, 0.25) is 0 Å². The molecule has 174 valence electrons. The Bertz CT molecular complexity index is 1260. The zero-order valence-electron chi connectivity index (χ0n) is 19.0. The van der Waals surface area contributed by atoms with Crippen molar-refractivity contribution in [2.75, 3.05) is 0 Å². The van der Waals surface area contributed by atoms with Crippen LogP contribution in [0.1, 0.15) is 44.7 Å². The number of benzene rings is 3. The van der Waals surface area contributed by atoms with Crippen molar-refractivity contribution in [3.8, 4) is 11.5 Å². The van der Waals surface area contributed by atoms with Gasteiger partial charge in [-0.15, -0.1) is 0 Å². The first-order chi connectivity index (χ1) is 17.0. The molecule has 0 fully saturated rings. The lowest BCUT2D eigenvalue weighted by Gasteiger charge is -2.29. The zero-order chi connectivity index (χ0) is 24.4. The quantitative estimate of drug-likeness (QED) is 0.440. The van der Waals surface area contributed by atoms with Gasteiger partial charge in [0.25, 0.3) is 11.8 Å². The Morgan fingerprint density at radius 3 is 1.74 bits per heavy atom. The van der Waals surface area contributed by atoms with E-state index < -0.39 is 0 Å². The predicted octanol–water partition coefficient (Wildman–Crippen LogP) is 5.72. The van der Waals surface area contributed by atoms with Gasteiger partial charge in [-0.25, -0.2) is 0 Å². The van der Waals surface area contributed by atoms with Crippen LogP contribution < -0.4 is 0 Å². The Morgan fingerprint density at radius 1 is 0.771 bits per heavy atom. The topological polar surface area (TPSA) is 77.8 Å². The minimum atomic E-state index is -0.311. The van der Waals surface area contributed by atoms with Crippen molar-refractivity contribution in [2.24, 2.45) is 5.92 Å². The molecule has 0 saturated carbocycles. The lowest BCUT2D eigenvalue weighted by molar-refractivity contribution is 0.0555. The molecule has 0 aromatic heterocycles. The molecule has 2 amide bonds. The number of carbonyl (C=O) groups excluding carboxylic acids is 2. The molecular weight excluding hydrogens is 438 g/mol. The van der Waals surface area contributed by atoms with Crippen molar-refractivity contribution in [2.45, 2.75) is 18.9 Å². The highest BCUT2D eigenvalue weighted by molar-refractivity contribution is 6.21. The summed E-state index contributed by atoms with van der Waals surface area (Å²) >= 11 is 0. The number of phenols is 2. The molecule has 5 rings (SSSR count). The number of hydrogen-bond donors (Lipinski definition) is 2. The molecule has 2 aliphatic rings. The molecule has 1 aliphatic carbocycles. The summed E-state index contributed by atoms with van der Waals surface area (Å²) in [5, 5.41) is 19.5. The lowest BCUT2D eigenvalue weighted by atomic mass is 9.92. The summed E-state index contributed by atoms with van der Waals surface area (Å²) in [7, 11) is 0.